The molecule has 1 aromatic heterocycles. The first-order valence-electron chi connectivity index (χ1n) is 9.00. The molecule has 0 saturated heterocycles. The van der Waals surface area contributed by atoms with Crippen molar-refractivity contribution in [3.63, 3.8) is 0 Å². The minimum absolute atomic E-state index is 0.329. The minimum atomic E-state index is -0.329. The zero-order valence-electron chi connectivity index (χ0n) is 15.6. The molecular formula is C23H18ClN3O2. The van der Waals surface area contributed by atoms with Crippen LogP contribution < -0.4 is 10.2 Å². The first kappa shape index (κ1) is 18.8. The van der Waals surface area contributed by atoms with Crippen molar-refractivity contribution >= 4 is 34.6 Å². The molecule has 2 N–H and O–H groups in total. The maximum atomic E-state index is 12.9. The van der Waals surface area contributed by atoms with Crippen molar-refractivity contribution in [2.24, 2.45) is 5.10 Å². The Labute approximate surface area is 173 Å². The van der Waals surface area contributed by atoms with Crippen LogP contribution in [0.2, 0.25) is 5.02 Å². The summed E-state index contributed by atoms with van der Waals surface area (Å²) in [6, 6.07) is 22.6. The predicted octanol–water partition coefficient (Wildman–Crippen LogP) is 5.26. The lowest BCUT2D eigenvalue weighted by molar-refractivity contribution is 0.0951. The fourth-order valence-corrected chi connectivity index (χ4v) is 3.27. The molecular weight excluding hydrogens is 386 g/mol. The molecule has 29 heavy (non-hydrogen) atoms. The summed E-state index contributed by atoms with van der Waals surface area (Å²) in [4.78, 5) is 16.1. The number of rotatable bonds is 5. The summed E-state index contributed by atoms with van der Waals surface area (Å²) in [6.07, 6.45) is 1.57. The largest absolute Gasteiger partial charge is 0.497 e. The number of nitrogens with zero attached hydrogens (tertiary/aromatic N) is 1. The normalized spacial score (nSPS) is 11.1. The Balaban J connectivity index is 1.70. The number of hydrogen-bond acceptors (Lipinski definition) is 3. The monoisotopic (exact) mass is 403 g/mol. The molecule has 0 unspecified atom stereocenters. The van der Waals surface area contributed by atoms with Crippen LogP contribution >= 0.6 is 11.6 Å². The van der Waals surface area contributed by atoms with Crippen LogP contribution in [0.4, 0.5) is 0 Å². The van der Waals surface area contributed by atoms with E-state index in [-0.39, 0.29) is 5.91 Å². The minimum Gasteiger partial charge on any atom is -0.497 e. The van der Waals surface area contributed by atoms with Gasteiger partial charge in [-0.1, -0.05) is 54.1 Å². The van der Waals surface area contributed by atoms with Gasteiger partial charge in [0.1, 0.15) is 11.4 Å². The Morgan fingerprint density at radius 1 is 1.07 bits per heavy atom. The van der Waals surface area contributed by atoms with Crippen LogP contribution in [0.1, 0.15) is 16.1 Å². The van der Waals surface area contributed by atoms with Crippen molar-refractivity contribution in [1.29, 1.82) is 0 Å². The Bertz CT molecular complexity index is 1180. The molecule has 0 aliphatic heterocycles. The number of H-pyrrole nitrogens is 1. The highest BCUT2D eigenvalue weighted by atomic mass is 35.5. The summed E-state index contributed by atoms with van der Waals surface area (Å²) < 4.78 is 5.36. The zero-order chi connectivity index (χ0) is 20.2. The summed E-state index contributed by atoms with van der Waals surface area (Å²) in [5, 5.41) is 5.62. The first-order valence-corrected chi connectivity index (χ1v) is 9.37. The standard InChI is InChI=1S/C23H18ClN3O2/c1-29-18-11-12-20-19(13-18)21(16-5-3-2-4-6-16)22(26-20)23(28)27-25-14-15-7-9-17(24)10-8-15/h2-14,26H,1H3,(H,27,28). The van der Waals surface area contributed by atoms with Gasteiger partial charge in [0.25, 0.3) is 5.91 Å². The molecule has 144 valence electrons. The molecule has 0 fully saturated rings. The molecule has 0 radical (unpaired) electrons. The summed E-state index contributed by atoms with van der Waals surface area (Å²) in [6.45, 7) is 0. The van der Waals surface area contributed by atoms with Gasteiger partial charge in [-0.05, 0) is 41.5 Å². The highest BCUT2D eigenvalue weighted by Crippen LogP contribution is 2.34. The van der Waals surface area contributed by atoms with Gasteiger partial charge in [0.15, 0.2) is 0 Å². The summed E-state index contributed by atoms with van der Waals surface area (Å²) in [5.41, 5.74) is 6.45. The number of ether oxygens (including phenoxy) is 1. The van der Waals surface area contributed by atoms with E-state index in [0.29, 0.717) is 10.7 Å². The number of amides is 1. The van der Waals surface area contributed by atoms with Crippen LogP contribution in [0.15, 0.2) is 77.9 Å². The Kier molecular flexibility index (Phi) is 5.31. The molecule has 0 aliphatic rings. The van der Waals surface area contributed by atoms with Crippen LogP contribution in [-0.4, -0.2) is 24.2 Å². The predicted molar refractivity (Wildman–Crippen MR) is 117 cm³/mol. The van der Waals surface area contributed by atoms with Crippen LogP contribution in [0.5, 0.6) is 5.75 Å². The van der Waals surface area contributed by atoms with Gasteiger partial charge in [0.2, 0.25) is 0 Å². The van der Waals surface area contributed by atoms with Gasteiger partial charge < -0.3 is 9.72 Å². The number of aromatic nitrogens is 1. The van der Waals surface area contributed by atoms with Crippen molar-refractivity contribution in [1.82, 2.24) is 10.4 Å². The van der Waals surface area contributed by atoms with Crippen molar-refractivity contribution in [3.8, 4) is 16.9 Å². The first-order chi connectivity index (χ1) is 14.2. The number of nitrogens with one attached hydrogen (secondary N) is 2. The SMILES string of the molecule is COc1ccc2[nH]c(C(=O)NN=Cc3ccc(Cl)cc3)c(-c3ccccc3)c2c1. The summed E-state index contributed by atoms with van der Waals surface area (Å²) >= 11 is 5.88. The molecule has 0 bridgehead atoms. The fourth-order valence-electron chi connectivity index (χ4n) is 3.14. The number of benzene rings is 3. The molecule has 1 heterocycles. The maximum Gasteiger partial charge on any atom is 0.288 e. The van der Waals surface area contributed by atoms with Crippen molar-refractivity contribution in [2.75, 3.05) is 7.11 Å². The van der Waals surface area contributed by atoms with Gasteiger partial charge in [-0.3, -0.25) is 4.79 Å². The maximum absolute atomic E-state index is 12.9. The van der Waals surface area contributed by atoms with Crippen LogP contribution in [0.3, 0.4) is 0 Å². The number of aromatic amines is 1. The smallest absolute Gasteiger partial charge is 0.288 e. The van der Waals surface area contributed by atoms with Gasteiger partial charge in [-0.25, -0.2) is 5.43 Å². The Hall–Kier alpha value is -3.57. The fraction of sp³-hybridized carbons (Fsp3) is 0.0435. The lowest BCUT2D eigenvalue weighted by atomic mass is 10.0. The number of carbonyl (C=O) groups excluding carboxylic acids is 1. The molecule has 3 aromatic carbocycles. The van der Waals surface area contributed by atoms with Gasteiger partial charge in [-0.2, -0.15) is 5.10 Å². The van der Waals surface area contributed by atoms with Gasteiger partial charge in [0, 0.05) is 21.5 Å². The van der Waals surface area contributed by atoms with E-state index < -0.39 is 0 Å². The molecule has 5 nitrogen and oxygen atoms in total. The lowest BCUT2D eigenvalue weighted by Crippen LogP contribution is -2.18. The molecule has 0 atom stereocenters. The van der Waals surface area contributed by atoms with Crippen molar-refractivity contribution in [2.45, 2.75) is 0 Å². The number of hydrazone groups is 1. The van der Waals surface area contributed by atoms with Gasteiger partial charge in [0.05, 0.1) is 13.3 Å². The number of hydrogen-bond donors (Lipinski definition) is 2. The van der Waals surface area contributed by atoms with Crippen LogP contribution in [0, 0.1) is 0 Å². The third-order valence-corrected chi connectivity index (χ3v) is 4.80. The van der Waals surface area contributed by atoms with Crippen LogP contribution in [0.25, 0.3) is 22.0 Å². The van der Waals surface area contributed by atoms with E-state index in [1.54, 1.807) is 25.5 Å². The van der Waals surface area contributed by atoms with Crippen LogP contribution in [-0.2, 0) is 0 Å². The average molecular weight is 404 g/mol. The highest BCUT2D eigenvalue weighted by molar-refractivity contribution is 6.30. The van der Waals surface area contributed by atoms with Gasteiger partial charge in [-0.15, -0.1) is 0 Å². The zero-order valence-corrected chi connectivity index (χ0v) is 16.4. The molecule has 4 rings (SSSR count). The van der Waals surface area contributed by atoms with E-state index in [1.807, 2.05) is 60.7 Å². The van der Waals surface area contributed by atoms with E-state index >= 15 is 0 Å². The molecule has 1 amide bonds. The Morgan fingerprint density at radius 2 is 1.83 bits per heavy atom. The summed E-state index contributed by atoms with van der Waals surface area (Å²) in [7, 11) is 1.62. The average Bonchev–Trinajstić information content (AvgIpc) is 3.14. The number of fused-ring (bicyclic) bond motifs is 1. The molecule has 6 heteroatoms. The van der Waals surface area contributed by atoms with E-state index in [2.05, 4.69) is 15.5 Å². The highest BCUT2D eigenvalue weighted by Gasteiger charge is 2.19. The number of carbonyl (C=O) groups is 1. The van der Waals surface area contributed by atoms with E-state index in [1.165, 1.54) is 0 Å². The molecule has 4 aromatic rings. The van der Waals surface area contributed by atoms with Crippen molar-refractivity contribution in [3.05, 3.63) is 89.1 Å². The second kappa shape index (κ2) is 8.20. The van der Waals surface area contributed by atoms with E-state index in [4.69, 9.17) is 16.3 Å². The lowest BCUT2D eigenvalue weighted by Gasteiger charge is -2.05. The van der Waals surface area contributed by atoms with Gasteiger partial charge >= 0.3 is 0 Å². The second-order valence-electron chi connectivity index (χ2n) is 6.40. The Morgan fingerprint density at radius 3 is 2.55 bits per heavy atom. The molecule has 0 aliphatic carbocycles. The van der Waals surface area contributed by atoms with E-state index in [9.17, 15) is 4.79 Å². The topological polar surface area (TPSA) is 66.5 Å². The third kappa shape index (κ3) is 4.00. The van der Waals surface area contributed by atoms with Crippen molar-refractivity contribution < 1.29 is 9.53 Å². The number of halogens is 1. The third-order valence-electron chi connectivity index (χ3n) is 4.54. The second-order valence-corrected chi connectivity index (χ2v) is 6.84. The number of methoxy groups -OCH3 is 1. The molecule has 0 saturated carbocycles. The quantitative estimate of drug-likeness (QED) is 0.352. The molecule has 0 spiro atoms. The summed E-state index contributed by atoms with van der Waals surface area (Å²) in [5.74, 6) is 0.394. The van der Waals surface area contributed by atoms with E-state index in [0.717, 1.165) is 33.3 Å².